The van der Waals surface area contributed by atoms with Gasteiger partial charge in [0.2, 0.25) is 5.91 Å². The topological polar surface area (TPSA) is 82.3 Å². The number of aromatic nitrogens is 1. The summed E-state index contributed by atoms with van der Waals surface area (Å²) in [6, 6.07) is 11.3. The van der Waals surface area contributed by atoms with Crippen LogP contribution < -0.4 is 10.5 Å². The number of nitrogens with zero attached hydrogens (tertiary/aromatic N) is 1. The van der Waals surface area contributed by atoms with Crippen LogP contribution in [-0.2, 0) is 11.2 Å². The summed E-state index contributed by atoms with van der Waals surface area (Å²) in [6.45, 7) is 1.55. The van der Waals surface area contributed by atoms with Crippen molar-refractivity contribution in [2.24, 2.45) is 5.73 Å². The van der Waals surface area contributed by atoms with Crippen LogP contribution in [0.4, 0.5) is 0 Å². The fourth-order valence-corrected chi connectivity index (χ4v) is 4.64. The van der Waals surface area contributed by atoms with Crippen LogP contribution in [0.3, 0.4) is 0 Å². The molecule has 3 heterocycles. The molecule has 4 rings (SSSR count). The number of halogens is 1. The molecule has 0 radical (unpaired) electrons. The Morgan fingerprint density at radius 1 is 1.33 bits per heavy atom. The van der Waals surface area contributed by atoms with E-state index < -0.39 is 5.91 Å². The average Bonchev–Trinajstić information content (AvgIpc) is 3.35. The summed E-state index contributed by atoms with van der Waals surface area (Å²) < 4.78 is 6.04. The quantitative estimate of drug-likeness (QED) is 0.437. The normalized spacial score (nSPS) is 15.5. The van der Waals surface area contributed by atoms with Crippen LogP contribution in [0.1, 0.15) is 34.1 Å². The van der Waals surface area contributed by atoms with Crippen molar-refractivity contribution in [3.8, 4) is 16.2 Å². The number of hydrogen-bond acceptors (Lipinski definition) is 5. The molecule has 0 aliphatic carbocycles. The van der Waals surface area contributed by atoms with Crippen molar-refractivity contribution in [2.75, 3.05) is 0 Å². The van der Waals surface area contributed by atoms with Gasteiger partial charge in [0, 0.05) is 41.2 Å². The molecule has 1 atom stereocenters. The van der Waals surface area contributed by atoms with Gasteiger partial charge in [0.1, 0.15) is 11.9 Å². The predicted octanol–water partition coefficient (Wildman–Crippen LogP) is 4.93. The number of amides is 1. The number of hydrogen-bond donors (Lipinski definition) is 1. The fraction of sp³-hybridized carbons (Fsp3) is 0.174. The van der Waals surface area contributed by atoms with Crippen molar-refractivity contribution in [3.05, 3.63) is 75.4 Å². The van der Waals surface area contributed by atoms with Gasteiger partial charge in [0.05, 0.1) is 9.90 Å². The van der Waals surface area contributed by atoms with Gasteiger partial charge in [0.15, 0.2) is 5.78 Å². The summed E-state index contributed by atoms with van der Waals surface area (Å²) in [4.78, 5) is 29.3. The van der Waals surface area contributed by atoms with Gasteiger partial charge >= 0.3 is 0 Å². The van der Waals surface area contributed by atoms with Gasteiger partial charge in [-0.3, -0.25) is 14.6 Å². The fourth-order valence-electron chi connectivity index (χ4n) is 3.46. The number of pyridine rings is 1. The molecule has 1 aliphatic rings. The van der Waals surface area contributed by atoms with Crippen LogP contribution >= 0.6 is 22.9 Å². The molecule has 0 fully saturated rings. The van der Waals surface area contributed by atoms with Crippen LogP contribution in [0.2, 0.25) is 5.02 Å². The Morgan fingerprint density at radius 3 is 2.83 bits per heavy atom. The number of nitrogens with two attached hydrogens (primary N) is 1. The molecule has 0 spiro atoms. The SMILES string of the molecule is CC(=O)c1ccc(-c2cc(Cl)c3c(c2)C[C@@H](C/C(=C/c2cccnc2)C(N)=O)O3)s1. The minimum absolute atomic E-state index is 0.0429. The summed E-state index contributed by atoms with van der Waals surface area (Å²) in [5, 5.41) is 0.514. The summed E-state index contributed by atoms with van der Waals surface area (Å²) in [5.41, 5.74) is 8.79. The molecule has 3 aromatic rings. The lowest BCUT2D eigenvalue weighted by Gasteiger charge is -2.12. The molecule has 5 nitrogen and oxygen atoms in total. The van der Waals surface area contributed by atoms with Gasteiger partial charge in [-0.2, -0.15) is 0 Å². The van der Waals surface area contributed by atoms with E-state index in [1.165, 1.54) is 11.3 Å². The first-order valence-electron chi connectivity index (χ1n) is 9.41. The summed E-state index contributed by atoms with van der Waals surface area (Å²) in [6.07, 6.45) is 5.84. The molecular weight excluding hydrogens is 420 g/mol. The minimum atomic E-state index is -0.486. The Hall–Kier alpha value is -2.96. The second-order valence-electron chi connectivity index (χ2n) is 7.13. The lowest BCUT2D eigenvalue weighted by Crippen LogP contribution is -2.21. The van der Waals surface area contributed by atoms with E-state index >= 15 is 0 Å². The molecule has 0 saturated carbocycles. The van der Waals surface area contributed by atoms with E-state index in [1.54, 1.807) is 31.5 Å². The Labute approximate surface area is 183 Å². The Bertz CT molecular complexity index is 1150. The molecule has 2 N–H and O–H groups in total. The largest absolute Gasteiger partial charge is 0.488 e. The summed E-state index contributed by atoms with van der Waals surface area (Å²) in [5.74, 6) is 0.195. The van der Waals surface area contributed by atoms with Crippen LogP contribution in [0.15, 0.2) is 54.4 Å². The highest BCUT2D eigenvalue weighted by Crippen LogP contribution is 2.42. The molecule has 1 amide bonds. The summed E-state index contributed by atoms with van der Waals surface area (Å²) in [7, 11) is 0. The van der Waals surface area contributed by atoms with Gasteiger partial charge in [0.25, 0.3) is 0 Å². The number of benzene rings is 1. The molecule has 0 bridgehead atoms. The minimum Gasteiger partial charge on any atom is -0.488 e. The van der Waals surface area contributed by atoms with Crippen molar-refractivity contribution in [2.45, 2.75) is 25.9 Å². The second-order valence-corrected chi connectivity index (χ2v) is 8.63. The van der Waals surface area contributed by atoms with Crippen LogP contribution in [0.5, 0.6) is 5.75 Å². The predicted molar refractivity (Wildman–Crippen MR) is 119 cm³/mol. The van der Waals surface area contributed by atoms with Gasteiger partial charge in [-0.25, -0.2) is 0 Å². The zero-order valence-electron chi connectivity index (χ0n) is 16.2. The molecule has 1 aromatic carbocycles. The van der Waals surface area contributed by atoms with Crippen LogP contribution in [0.25, 0.3) is 16.5 Å². The number of primary amides is 1. The maximum atomic E-state index is 12.0. The third kappa shape index (κ3) is 4.30. The van der Waals surface area contributed by atoms with Gasteiger partial charge in [-0.15, -0.1) is 11.3 Å². The van der Waals surface area contributed by atoms with Crippen molar-refractivity contribution in [1.29, 1.82) is 0 Å². The lowest BCUT2D eigenvalue weighted by molar-refractivity contribution is -0.114. The van der Waals surface area contributed by atoms with Gasteiger partial charge in [-0.1, -0.05) is 17.7 Å². The van der Waals surface area contributed by atoms with Crippen molar-refractivity contribution in [1.82, 2.24) is 4.98 Å². The molecule has 30 heavy (non-hydrogen) atoms. The maximum Gasteiger partial charge on any atom is 0.244 e. The van der Waals surface area contributed by atoms with Gasteiger partial charge in [-0.05, 0) is 54.5 Å². The van der Waals surface area contributed by atoms with E-state index in [2.05, 4.69) is 4.98 Å². The first-order valence-corrected chi connectivity index (χ1v) is 10.6. The van der Waals surface area contributed by atoms with Crippen molar-refractivity contribution < 1.29 is 14.3 Å². The van der Waals surface area contributed by atoms with E-state index in [0.29, 0.717) is 34.1 Å². The average molecular weight is 439 g/mol. The molecule has 1 aliphatic heterocycles. The highest BCUT2D eigenvalue weighted by Gasteiger charge is 2.28. The standard InChI is InChI=1S/C23H19ClN2O3S/c1-13(27)20-4-5-21(30-20)15-8-16-9-18(29-22(16)19(24)11-15)10-17(23(25)28)7-14-3-2-6-26-12-14/h2-8,11-12,18H,9-10H2,1H3,(H2,25,28)/b17-7-/t18-/m0/s1. The zero-order valence-corrected chi connectivity index (χ0v) is 17.8. The third-order valence-corrected chi connectivity index (χ3v) is 6.40. The van der Waals surface area contributed by atoms with E-state index in [4.69, 9.17) is 22.1 Å². The highest BCUT2D eigenvalue weighted by atomic mass is 35.5. The number of ether oxygens (including phenoxy) is 1. The lowest BCUT2D eigenvalue weighted by atomic mass is 10.00. The maximum absolute atomic E-state index is 12.0. The Balaban J connectivity index is 1.56. The number of Topliss-reactive ketones (excluding diaryl/α,β-unsaturated/α-hetero) is 1. The van der Waals surface area contributed by atoms with Crippen LogP contribution in [0, 0.1) is 0 Å². The van der Waals surface area contributed by atoms with E-state index in [9.17, 15) is 9.59 Å². The Morgan fingerprint density at radius 2 is 2.17 bits per heavy atom. The number of ketones is 1. The number of carbonyl (C=O) groups excluding carboxylic acids is 2. The molecule has 0 unspecified atom stereocenters. The second kappa shape index (κ2) is 8.42. The summed E-state index contributed by atoms with van der Waals surface area (Å²) >= 11 is 7.93. The monoisotopic (exact) mass is 438 g/mol. The third-order valence-electron chi connectivity index (χ3n) is 4.88. The zero-order chi connectivity index (χ0) is 21.3. The highest BCUT2D eigenvalue weighted by molar-refractivity contribution is 7.17. The molecule has 2 aromatic heterocycles. The van der Waals surface area contributed by atoms with Crippen molar-refractivity contribution in [3.63, 3.8) is 0 Å². The van der Waals surface area contributed by atoms with Crippen LogP contribution in [-0.4, -0.2) is 22.8 Å². The van der Waals surface area contributed by atoms with E-state index in [1.807, 2.05) is 30.3 Å². The van der Waals surface area contributed by atoms with Crippen molar-refractivity contribution >= 4 is 40.7 Å². The molecule has 152 valence electrons. The van der Waals surface area contributed by atoms with E-state index in [-0.39, 0.29) is 11.9 Å². The van der Waals surface area contributed by atoms with Gasteiger partial charge < -0.3 is 10.5 Å². The molecular formula is C23H19ClN2O3S. The number of carbonyl (C=O) groups is 2. The number of rotatable bonds is 6. The first kappa shape index (κ1) is 20.3. The first-order chi connectivity index (χ1) is 14.4. The number of thiophene rings is 1. The smallest absolute Gasteiger partial charge is 0.244 e. The van der Waals surface area contributed by atoms with E-state index in [0.717, 1.165) is 21.6 Å². The molecule has 7 heteroatoms. The number of fused-ring (bicyclic) bond motifs is 1. The Kier molecular flexibility index (Phi) is 5.70. The molecule has 0 saturated heterocycles.